The van der Waals surface area contributed by atoms with Crippen molar-refractivity contribution in [3.05, 3.63) is 88.4 Å². The third kappa shape index (κ3) is 4.95. The fraction of sp³-hybridized carbons (Fsp3) is 0.130. The van der Waals surface area contributed by atoms with Crippen molar-refractivity contribution in [3.63, 3.8) is 0 Å². The molecule has 0 bridgehead atoms. The summed E-state index contributed by atoms with van der Waals surface area (Å²) in [7, 11) is 3.09. The number of carbonyl (C=O) groups excluding carboxylic acids is 2. The second-order valence-corrected chi connectivity index (χ2v) is 6.74. The molecule has 0 unspecified atom stereocenters. The third-order valence-corrected chi connectivity index (χ3v) is 4.58. The summed E-state index contributed by atoms with van der Waals surface area (Å²) in [5, 5.41) is 3.23. The maximum Gasteiger partial charge on any atom is 0.228 e. The molecule has 0 atom stereocenters. The lowest BCUT2D eigenvalue weighted by Crippen LogP contribution is -2.17. The topological polar surface area (TPSA) is 64.6 Å². The van der Waals surface area contributed by atoms with Crippen molar-refractivity contribution in [1.29, 1.82) is 0 Å². The first kappa shape index (κ1) is 20.4. The van der Waals surface area contributed by atoms with Crippen LogP contribution in [0, 0.1) is 0 Å². The van der Waals surface area contributed by atoms with Gasteiger partial charge in [-0.3, -0.25) is 9.59 Å². The van der Waals surface area contributed by atoms with Crippen LogP contribution in [0.25, 0.3) is 0 Å². The molecule has 0 spiro atoms. The van der Waals surface area contributed by atoms with E-state index in [1.165, 1.54) is 7.11 Å². The van der Waals surface area contributed by atoms with Gasteiger partial charge in [-0.1, -0.05) is 48.0 Å². The number of carbonyl (C=O) groups is 2. The lowest BCUT2D eigenvalue weighted by Gasteiger charge is -2.12. The van der Waals surface area contributed by atoms with E-state index in [-0.39, 0.29) is 18.1 Å². The van der Waals surface area contributed by atoms with Gasteiger partial charge in [-0.2, -0.15) is 0 Å². The number of amides is 1. The van der Waals surface area contributed by atoms with Crippen LogP contribution < -0.4 is 14.8 Å². The number of hydrogen-bond donors (Lipinski definition) is 1. The quantitative estimate of drug-likeness (QED) is 0.571. The molecule has 1 N–H and O–H groups in total. The van der Waals surface area contributed by atoms with Crippen LogP contribution in [0.15, 0.2) is 66.7 Å². The minimum absolute atomic E-state index is 0.113. The summed E-state index contributed by atoms with van der Waals surface area (Å²) in [5.41, 5.74) is 2.02. The molecule has 3 aromatic rings. The van der Waals surface area contributed by atoms with Gasteiger partial charge in [0.05, 0.1) is 26.3 Å². The largest absolute Gasteiger partial charge is 0.493 e. The molecule has 148 valence electrons. The molecule has 6 heteroatoms. The van der Waals surface area contributed by atoms with Crippen LogP contribution in [-0.2, 0) is 11.2 Å². The summed E-state index contributed by atoms with van der Waals surface area (Å²) in [5.74, 6) is 0.658. The Morgan fingerprint density at radius 2 is 1.62 bits per heavy atom. The van der Waals surface area contributed by atoms with Crippen molar-refractivity contribution < 1.29 is 19.1 Å². The van der Waals surface area contributed by atoms with Gasteiger partial charge in [-0.05, 0) is 35.9 Å². The molecule has 0 saturated heterocycles. The first-order valence-corrected chi connectivity index (χ1v) is 9.29. The van der Waals surface area contributed by atoms with Gasteiger partial charge in [0.25, 0.3) is 0 Å². The van der Waals surface area contributed by atoms with Crippen molar-refractivity contribution in [2.24, 2.45) is 0 Å². The molecule has 5 nitrogen and oxygen atoms in total. The molecular formula is C23H20ClNO4. The Kier molecular flexibility index (Phi) is 6.52. The average molecular weight is 410 g/mol. The Hall–Kier alpha value is -3.31. The molecule has 0 saturated carbocycles. The normalized spacial score (nSPS) is 10.3. The monoisotopic (exact) mass is 409 g/mol. The molecule has 0 heterocycles. The van der Waals surface area contributed by atoms with Crippen LogP contribution in [-0.4, -0.2) is 25.9 Å². The second-order valence-electron chi connectivity index (χ2n) is 6.30. The number of hydrogen-bond acceptors (Lipinski definition) is 4. The lowest BCUT2D eigenvalue weighted by molar-refractivity contribution is -0.115. The predicted molar refractivity (Wildman–Crippen MR) is 113 cm³/mol. The highest BCUT2D eigenvalue weighted by Crippen LogP contribution is 2.28. The highest BCUT2D eigenvalue weighted by atomic mass is 35.5. The van der Waals surface area contributed by atoms with Gasteiger partial charge in [0, 0.05) is 16.1 Å². The van der Waals surface area contributed by atoms with Crippen LogP contribution in [0.2, 0.25) is 5.02 Å². The van der Waals surface area contributed by atoms with Gasteiger partial charge in [0.1, 0.15) is 0 Å². The Morgan fingerprint density at radius 3 is 2.31 bits per heavy atom. The highest BCUT2D eigenvalue weighted by molar-refractivity contribution is 6.31. The molecule has 0 aromatic heterocycles. The number of ketones is 1. The number of halogens is 1. The van der Waals surface area contributed by atoms with Crippen molar-refractivity contribution >= 4 is 29.0 Å². The van der Waals surface area contributed by atoms with Crippen LogP contribution in [0.4, 0.5) is 5.69 Å². The molecule has 29 heavy (non-hydrogen) atoms. The van der Waals surface area contributed by atoms with E-state index in [9.17, 15) is 9.59 Å². The van der Waals surface area contributed by atoms with Crippen LogP contribution in [0.3, 0.4) is 0 Å². The number of nitrogens with one attached hydrogen (secondary N) is 1. The Labute approximate surface area is 174 Å². The minimum Gasteiger partial charge on any atom is -0.493 e. The lowest BCUT2D eigenvalue weighted by atomic mass is 10.0. The van der Waals surface area contributed by atoms with Crippen molar-refractivity contribution in [2.75, 3.05) is 19.5 Å². The second kappa shape index (κ2) is 9.26. The predicted octanol–water partition coefficient (Wildman–Crippen LogP) is 4.77. The van der Waals surface area contributed by atoms with Crippen LogP contribution >= 0.6 is 11.6 Å². The van der Waals surface area contributed by atoms with E-state index in [0.717, 1.165) is 5.56 Å². The molecule has 0 aliphatic heterocycles. The van der Waals surface area contributed by atoms with Crippen LogP contribution in [0.5, 0.6) is 11.5 Å². The average Bonchev–Trinajstić information content (AvgIpc) is 2.75. The van der Waals surface area contributed by atoms with E-state index >= 15 is 0 Å². The Bertz CT molecular complexity index is 1030. The summed E-state index contributed by atoms with van der Waals surface area (Å²) in [6.07, 6.45) is 0.113. The standard InChI is InChI=1S/C23H20ClNO4/c1-28-20-11-8-15(12-21(20)29-2)13-22(26)25-19-10-9-17(24)14-18(19)23(27)16-6-4-3-5-7-16/h3-12,14H,13H2,1-2H3,(H,25,26). The fourth-order valence-corrected chi connectivity index (χ4v) is 3.10. The smallest absolute Gasteiger partial charge is 0.228 e. The van der Waals surface area contributed by atoms with E-state index < -0.39 is 0 Å². The van der Waals surface area contributed by atoms with Gasteiger partial charge in [0.2, 0.25) is 5.91 Å². The maximum absolute atomic E-state index is 12.9. The van der Waals surface area contributed by atoms with Gasteiger partial charge in [-0.15, -0.1) is 0 Å². The zero-order valence-electron chi connectivity index (χ0n) is 16.1. The van der Waals surface area contributed by atoms with E-state index in [0.29, 0.717) is 33.3 Å². The Balaban J connectivity index is 1.81. The summed E-state index contributed by atoms with van der Waals surface area (Å²) in [6, 6.07) is 18.9. The molecule has 1 amide bonds. The van der Waals surface area contributed by atoms with Gasteiger partial charge < -0.3 is 14.8 Å². The number of rotatable bonds is 7. The van der Waals surface area contributed by atoms with Crippen molar-refractivity contribution in [1.82, 2.24) is 0 Å². The Morgan fingerprint density at radius 1 is 0.897 bits per heavy atom. The van der Waals surface area contributed by atoms with E-state index in [2.05, 4.69) is 5.32 Å². The molecule has 0 fully saturated rings. The molecule has 0 aliphatic carbocycles. The minimum atomic E-state index is -0.262. The van der Waals surface area contributed by atoms with Gasteiger partial charge in [-0.25, -0.2) is 0 Å². The van der Waals surface area contributed by atoms with Crippen molar-refractivity contribution in [3.8, 4) is 11.5 Å². The first-order chi connectivity index (χ1) is 14.0. The zero-order chi connectivity index (χ0) is 20.8. The SMILES string of the molecule is COc1ccc(CC(=O)Nc2ccc(Cl)cc2C(=O)c2ccccc2)cc1OC. The van der Waals surface area contributed by atoms with Gasteiger partial charge in [0.15, 0.2) is 17.3 Å². The molecule has 0 radical (unpaired) electrons. The van der Waals surface area contributed by atoms with E-state index in [1.807, 2.05) is 6.07 Å². The summed E-state index contributed by atoms with van der Waals surface area (Å²) >= 11 is 6.09. The molecule has 0 aliphatic rings. The number of ether oxygens (including phenoxy) is 2. The summed E-state index contributed by atoms with van der Waals surface area (Å²) < 4.78 is 10.5. The number of anilines is 1. The zero-order valence-corrected chi connectivity index (χ0v) is 16.8. The molecule has 3 rings (SSSR count). The fourth-order valence-electron chi connectivity index (χ4n) is 2.93. The summed E-state index contributed by atoms with van der Waals surface area (Å²) in [6.45, 7) is 0. The first-order valence-electron chi connectivity index (χ1n) is 8.92. The molecular weight excluding hydrogens is 390 g/mol. The van der Waals surface area contributed by atoms with E-state index in [4.69, 9.17) is 21.1 Å². The highest BCUT2D eigenvalue weighted by Gasteiger charge is 2.16. The third-order valence-electron chi connectivity index (χ3n) is 4.35. The maximum atomic E-state index is 12.9. The number of methoxy groups -OCH3 is 2. The molecule has 3 aromatic carbocycles. The van der Waals surface area contributed by atoms with Gasteiger partial charge >= 0.3 is 0 Å². The van der Waals surface area contributed by atoms with Crippen LogP contribution in [0.1, 0.15) is 21.5 Å². The number of benzene rings is 3. The summed E-state index contributed by atoms with van der Waals surface area (Å²) in [4.78, 5) is 25.5. The van der Waals surface area contributed by atoms with Crippen molar-refractivity contribution in [2.45, 2.75) is 6.42 Å². The van der Waals surface area contributed by atoms with E-state index in [1.54, 1.807) is 67.8 Å².